The van der Waals surface area contributed by atoms with Crippen LogP contribution in [0, 0.1) is 0 Å². The van der Waals surface area contributed by atoms with Crippen molar-refractivity contribution in [3.63, 3.8) is 0 Å². The minimum Gasteiger partial charge on any atom is -0.352 e. The Hall–Kier alpha value is -3.19. The Morgan fingerprint density at radius 2 is 1.44 bits per heavy atom. The van der Waals surface area contributed by atoms with Crippen molar-refractivity contribution < 1.29 is 13.6 Å². The van der Waals surface area contributed by atoms with Crippen LogP contribution in [-0.4, -0.2) is 53.9 Å². The summed E-state index contributed by atoms with van der Waals surface area (Å²) >= 11 is 0. The van der Waals surface area contributed by atoms with E-state index < -0.39 is 5.92 Å². The Kier molecular flexibility index (Phi) is 7.32. The molecule has 2 heterocycles. The molecule has 0 spiro atoms. The molecule has 34 heavy (non-hydrogen) atoms. The summed E-state index contributed by atoms with van der Waals surface area (Å²) in [5.74, 6) is -1.91. The van der Waals surface area contributed by atoms with Crippen LogP contribution in [0.3, 0.4) is 0 Å². The van der Waals surface area contributed by atoms with Crippen LogP contribution in [-0.2, 0) is 23.6 Å². The molecule has 178 valence electrons. The average Bonchev–Trinajstić information content (AvgIpc) is 2.85. The van der Waals surface area contributed by atoms with Crippen LogP contribution in [0.1, 0.15) is 30.0 Å². The average molecular weight is 465 g/mol. The van der Waals surface area contributed by atoms with Crippen molar-refractivity contribution in [3.05, 3.63) is 77.6 Å². The van der Waals surface area contributed by atoms with Gasteiger partial charge < -0.3 is 9.80 Å². The van der Waals surface area contributed by atoms with Gasteiger partial charge in [-0.15, -0.1) is 0 Å². The summed E-state index contributed by atoms with van der Waals surface area (Å²) in [5, 5.41) is 0. The van der Waals surface area contributed by atoms with Crippen LogP contribution < -0.4 is 4.90 Å². The first kappa shape index (κ1) is 24.0. The molecule has 1 aromatic heterocycles. The molecule has 0 N–H and O–H groups in total. The quantitative estimate of drug-likeness (QED) is 0.482. The molecular formula is C27H30F2N4O. The van der Waals surface area contributed by atoms with Crippen molar-refractivity contribution in [1.29, 1.82) is 0 Å². The lowest BCUT2D eigenvalue weighted by Gasteiger charge is -2.33. The number of alkyl halides is 2. The van der Waals surface area contributed by atoms with E-state index in [4.69, 9.17) is 0 Å². The highest BCUT2D eigenvalue weighted by molar-refractivity contribution is 5.83. The largest absolute Gasteiger partial charge is 0.352 e. The number of carbonyl (C=O) groups is 1. The molecule has 7 heteroatoms. The summed E-state index contributed by atoms with van der Waals surface area (Å²) in [6.07, 6.45) is 3.69. The van der Waals surface area contributed by atoms with Crippen LogP contribution in [0.25, 0.3) is 11.3 Å². The van der Waals surface area contributed by atoms with Gasteiger partial charge in [0, 0.05) is 69.0 Å². The van der Waals surface area contributed by atoms with Crippen molar-refractivity contribution in [1.82, 2.24) is 14.9 Å². The van der Waals surface area contributed by atoms with Gasteiger partial charge in [0.2, 0.25) is 0 Å². The number of hydrogen-bond donors (Lipinski definition) is 0. The van der Waals surface area contributed by atoms with E-state index in [0.29, 0.717) is 6.42 Å². The van der Waals surface area contributed by atoms with Gasteiger partial charge >= 0.3 is 0 Å². The summed E-state index contributed by atoms with van der Waals surface area (Å²) in [7, 11) is 2.12. The summed E-state index contributed by atoms with van der Waals surface area (Å²) in [6, 6.07) is 13.9. The summed E-state index contributed by atoms with van der Waals surface area (Å²) in [6.45, 7) is 5.25. The molecule has 0 amide bonds. The van der Waals surface area contributed by atoms with Crippen LogP contribution in [0.15, 0.2) is 60.9 Å². The van der Waals surface area contributed by atoms with Gasteiger partial charge in [-0.25, -0.2) is 13.8 Å². The highest BCUT2D eigenvalue weighted by atomic mass is 19.3. The Balaban J connectivity index is 1.40. The van der Waals surface area contributed by atoms with Crippen molar-refractivity contribution >= 4 is 11.6 Å². The third kappa shape index (κ3) is 5.65. The number of aromatic nitrogens is 2. The van der Waals surface area contributed by atoms with E-state index in [-0.39, 0.29) is 24.2 Å². The Bertz CT molecular complexity index is 1110. The molecular weight excluding hydrogens is 434 g/mol. The first-order valence-electron chi connectivity index (χ1n) is 11.7. The van der Waals surface area contributed by atoms with Crippen LogP contribution >= 0.6 is 0 Å². The fourth-order valence-corrected chi connectivity index (χ4v) is 4.15. The standard InChI is InChI=1S/C27H30F2N4O/c1-3-27(28,29)23-10-6-21(7-11-23)19-24(34)18-20-4-8-22(9-5-20)25-26(31-13-12-30-25)33-16-14-32(2)15-17-33/h4-13H,3,14-19H2,1-2H3. The minimum atomic E-state index is -2.84. The minimum absolute atomic E-state index is 0.0123. The normalized spacial score (nSPS) is 14.9. The molecule has 5 nitrogen and oxygen atoms in total. The number of halogens is 2. The number of Topliss-reactive ketones (excluding diaryl/α,β-unsaturated/α-hetero) is 1. The molecule has 4 rings (SSSR count). The molecule has 0 atom stereocenters. The van der Waals surface area contributed by atoms with Crippen LogP contribution in [0.2, 0.25) is 0 Å². The Morgan fingerprint density at radius 3 is 2.03 bits per heavy atom. The summed E-state index contributed by atoms with van der Waals surface area (Å²) < 4.78 is 27.6. The van der Waals surface area contributed by atoms with Gasteiger partial charge in [-0.3, -0.25) is 9.78 Å². The van der Waals surface area contributed by atoms with E-state index in [1.807, 2.05) is 24.3 Å². The van der Waals surface area contributed by atoms with Crippen molar-refractivity contribution in [2.24, 2.45) is 0 Å². The lowest BCUT2D eigenvalue weighted by atomic mass is 9.99. The van der Waals surface area contributed by atoms with Gasteiger partial charge in [-0.1, -0.05) is 55.5 Å². The SMILES string of the molecule is CCC(F)(F)c1ccc(CC(=O)Cc2ccc(-c3nccnc3N3CCN(C)CC3)cc2)cc1. The van der Waals surface area contributed by atoms with Gasteiger partial charge in [0.15, 0.2) is 5.82 Å². The van der Waals surface area contributed by atoms with E-state index in [0.717, 1.165) is 54.4 Å². The van der Waals surface area contributed by atoms with E-state index in [1.165, 1.54) is 19.1 Å². The van der Waals surface area contributed by atoms with Gasteiger partial charge in [0.1, 0.15) is 11.5 Å². The zero-order chi connectivity index (χ0) is 24.1. The molecule has 1 aliphatic heterocycles. The number of likely N-dealkylation sites (N-methyl/N-ethyl adjacent to an activating group) is 1. The second-order valence-corrected chi connectivity index (χ2v) is 8.86. The molecule has 1 saturated heterocycles. The fourth-order valence-electron chi connectivity index (χ4n) is 4.15. The molecule has 2 aromatic carbocycles. The monoisotopic (exact) mass is 464 g/mol. The number of nitrogens with zero attached hydrogens (tertiary/aromatic N) is 4. The Labute approximate surface area is 199 Å². The summed E-state index contributed by atoms with van der Waals surface area (Å²) in [4.78, 5) is 26.3. The maximum Gasteiger partial charge on any atom is 0.273 e. The number of anilines is 1. The van der Waals surface area contributed by atoms with Gasteiger partial charge in [0.05, 0.1) is 0 Å². The summed E-state index contributed by atoms with van der Waals surface area (Å²) in [5.41, 5.74) is 3.45. The van der Waals surface area contributed by atoms with Crippen molar-refractivity contribution in [2.75, 3.05) is 38.1 Å². The number of carbonyl (C=O) groups excluding carboxylic acids is 1. The van der Waals surface area contributed by atoms with Gasteiger partial charge in [-0.05, 0) is 18.2 Å². The molecule has 1 fully saturated rings. The zero-order valence-electron chi connectivity index (χ0n) is 19.7. The number of hydrogen-bond acceptors (Lipinski definition) is 5. The van der Waals surface area contributed by atoms with E-state index in [2.05, 4.69) is 26.8 Å². The first-order chi connectivity index (χ1) is 16.4. The first-order valence-corrected chi connectivity index (χ1v) is 11.7. The molecule has 0 saturated carbocycles. The van der Waals surface area contributed by atoms with E-state index >= 15 is 0 Å². The van der Waals surface area contributed by atoms with E-state index in [9.17, 15) is 13.6 Å². The number of ketones is 1. The van der Waals surface area contributed by atoms with Gasteiger partial charge in [-0.2, -0.15) is 0 Å². The maximum atomic E-state index is 13.8. The van der Waals surface area contributed by atoms with Crippen molar-refractivity contribution in [3.8, 4) is 11.3 Å². The fraction of sp³-hybridized carbons (Fsp3) is 0.370. The Morgan fingerprint density at radius 1 is 0.882 bits per heavy atom. The second-order valence-electron chi connectivity index (χ2n) is 8.86. The number of rotatable bonds is 8. The molecule has 3 aromatic rings. The number of piperazine rings is 1. The predicted molar refractivity (Wildman–Crippen MR) is 130 cm³/mol. The topological polar surface area (TPSA) is 49.3 Å². The molecule has 0 radical (unpaired) electrons. The third-order valence-electron chi connectivity index (χ3n) is 6.33. The van der Waals surface area contributed by atoms with Crippen molar-refractivity contribution in [2.45, 2.75) is 32.1 Å². The number of benzene rings is 2. The molecule has 0 unspecified atom stereocenters. The predicted octanol–water partition coefficient (Wildman–Crippen LogP) is 4.75. The smallest absolute Gasteiger partial charge is 0.273 e. The third-order valence-corrected chi connectivity index (χ3v) is 6.33. The molecule has 0 aliphatic carbocycles. The van der Waals surface area contributed by atoms with E-state index in [1.54, 1.807) is 24.5 Å². The lowest BCUT2D eigenvalue weighted by Crippen LogP contribution is -2.45. The zero-order valence-corrected chi connectivity index (χ0v) is 19.7. The highest BCUT2D eigenvalue weighted by Gasteiger charge is 2.28. The molecule has 0 bridgehead atoms. The van der Waals surface area contributed by atoms with Crippen LogP contribution in [0.4, 0.5) is 14.6 Å². The van der Waals surface area contributed by atoms with Gasteiger partial charge in [0.25, 0.3) is 5.92 Å². The maximum absolute atomic E-state index is 13.8. The van der Waals surface area contributed by atoms with Crippen LogP contribution in [0.5, 0.6) is 0 Å². The second kappa shape index (κ2) is 10.4. The lowest BCUT2D eigenvalue weighted by molar-refractivity contribution is -0.117. The highest BCUT2D eigenvalue weighted by Crippen LogP contribution is 2.31. The molecule has 1 aliphatic rings.